The van der Waals surface area contributed by atoms with E-state index in [0.29, 0.717) is 11.3 Å². The largest absolute Gasteiger partial charge is 0.399 e. The quantitative estimate of drug-likeness (QED) is 0.536. The molecule has 3 fully saturated rings. The molecule has 24 heavy (non-hydrogen) atoms. The predicted molar refractivity (Wildman–Crippen MR) is 102 cm³/mol. The summed E-state index contributed by atoms with van der Waals surface area (Å²) < 4.78 is 0. The van der Waals surface area contributed by atoms with E-state index in [1.54, 1.807) is 16.7 Å². The summed E-state index contributed by atoms with van der Waals surface area (Å²) in [7, 11) is 0. The van der Waals surface area contributed by atoms with Crippen LogP contribution in [-0.4, -0.2) is 10.9 Å². The summed E-state index contributed by atoms with van der Waals surface area (Å²) in [6, 6.07) is 0. The third-order valence-corrected chi connectivity index (χ3v) is 8.97. The second-order valence-corrected chi connectivity index (χ2v) is 9.59. The van der Waals surface area contributed by atoms with E-state index >= 15 is 0 Å². The van der Waals surface area contributed by atoms with Crippen LogP contribution in [0.15, 0.2) is 34.6 Å². The lowest BCUT2D eigenvalue weighted by Gasteiger charge is -2.47. The molecule has 0 radical (unpaired) electrons. The Bertz CT molecular complexity index is 686. The number of allylic oxidation sites excluding steroid dienone is 4. The smallest absolute Gasteiger partial charge is 0.0558 e. The molecule has 0 heterocycles. The Morgan fingerprint density at radius 2 is 1.92 bits per heavy atom. The fourth-order valence-corrected chi connectivity index (χ4v) is 6.84. The van der Waals surface area contributed by atoms with Crippen LogP contribution in [0.4, 0.5) is 0 Å². The van der Waals surface area contributed by atoms with Crippen LogP contribution in [-0.2, 0) is 0 Å². The first-order chi connectivity index (χ1) is 11.2. The van der Waals surface area contributed by atoms with Crippen molar-refractivity contribution in [2.75, 3.05) is 0 Å². The van der Waals surface area contributed by atoms with Crippen LogP contribution in [0, 0.1) is 22.7 Å². The maximum Gasteiger partial charge on any atom is 0.0558 e. The Labute approximate surface area is 151 Å². The van der Waals surface area contributed by atoms with Gasteiger partial charge in [-0.3, -0.25) is 0 Å². The fraction of sp³-hybridized carbons (Fsp3) is 0.714. The van der Waals surface area contributed by atoms with Gasteiger partial charge in [0.1, 0.15) is 0 Å². The van der Waals surface area contributed by atoms with Gasteiger partial charge in [-0.2, -0.15) is 0 Å². The lowest BCUT2D eigenvalue weighted by atomic mass is 9.59. The van der Waals surface area contributed by atoms with Gasteiger partial charge < -0.3 is 11.5 Å². The highest BCUT2D eigenvalue weighted by Crippen LogP contribution is 2.77. The minimum Gasteiger partial charge on any atom is -0.399 e. The van der Waals surface area contributed by atoms with Gasteiger partial charge >= 0.3 is 0 Å². The predicted octanol–water partition coefficient (Wildman–Crippen LogP) is 4.65. The molecule has 2 nitrogen and oxygen atoms in total. The second-order valence-electron chi connectivity index (χ2n) is 9.06. The molecular weight excluding hydrogens is 316 g/mol. The summed E-state index contributed by atoms with van der Waals surface area (Å²) >= 11 is 6.72. The first-order valence-corrected chi connectivity index (χ1v) is 9.92. The van der Waals surface area contributed by atoms with Gasteiger partial charge in [0.2, 0.25) is 0 Å². The Morgan fingerprint density at radius 1 is 1.21 bits per heavy atom. The molecule has 1 spiro atoms. The van der Waals surface area contributed by atoms with Gasteiger partial charge in [-0.25, -0.2) is 0 Å². The number of nitrogens with two attached hydrogens (primary N) is 2. The van der Waals surface area contributed by atoms with Gasteiger partial charge in [0, 0.05) is 22.1 Å². The first kappa shape index (κ1) is 16.7. The normalized spacial score (nSPS) is 52.2. The van der Waals surface area contributed by atoms with Gasteiger partial charge in [-0.15, -0.1) is 11.6 Å². The van der Waals surface area contributed by atoms with Crippen molar-refractivity contribution in [3.05, 3.63) is 34.6 Å². The molecule has 5 unspecified atom stereocenters. The zero-order valence-electron chi connectivity index (χ0n) is 15.5. The van der Waals surface area contributed by atoms with Gasteiger partial charge in [-0.05, 0) is 63.9 Å². The maximum atomic E-state index is 6.73. The molecule has 4 aliphatic carbocycles. The molecule has 4 N–H and O–H groups in total. The van der Waals surface area contributed by atoms with Crippen molar-refractivity contribution in [1.82, 2.24) is 0 Å². The molecular formula is C21H31ClN2. The number of hydrogen-bond donors (Lipinski definition) is 2. The third kappa shape index (κ3) is 1.77. The minimum absolute atomic E-state index is 0.0586. The Balaban J connectivity index is 1.79. The van der Waals surface area contributed by atoms with Crippen molar-refractivity contribution < 1.29 is 0 Å². The van der Waals surface area contributed by atoms with E-state index in [1.165, 1.54) is 19.3 Å². The van der Waals surface area contributed by atoms with E-state index in [1.807, 2.05) is 13.0 Å². The average Bonchev–Trinajstić information content (AvgIpc) is 3.09. The van der Waals surface area contributed by atoms with Crippen molar-refractivity contribution in [3.8, 4) is 0 Å². The molecule has 6 atom stereocenters. The molecule has 3 heteroatoms. The molecule has 0 aromatic heterocycles. The number of alkyl halides is 1. The minimum atomic E-state index is -0.294. The van der Waals surface area contributed by atoms with Crippen LogP contribution in [0.25, 0.3) is 0 Å². The van der Waals surface area contributed by atoms with E-state index in [0.717, 1.165) is 24.5 Å². The number of rotatable bonds is 1. The number of hydrogen-bond acceptors (Lipinski definition) is 2. The van der Waals surface area contributed by atoms with Crippen LogP contribution in [0.2, 0.25) is 0 Å². The van der Waals surface area contributed by atoms with Crippen LogP contribution in [0.3, 0.4) is 0 Å². The van der Waals surface area contributed by atoms with Crippen molar-refractivity contribution in [2.24, 2.45) is 34.1 Å². The molecule has 0 amide bonds. The van der Waals surface area contributed by atoms with Gasteiger partial charge in [0.15, 0.2) is 0 Å². The SMILES string of the molecule is C/C=C(N)\C=C1\CCC2=C3CC(Cl)C(C)(N)[C@]3(C)CCC23C(C)C13. The van der Waals surface area contributed by atoms with Crippen molar-refractivity contribution in [3.63, 3.8) is 0 Å². The molecule has 4 aliphatic rings. The molecule has 0 aromatic carbocycles. The highest BCUT2D eigenvalue weighted by molar-refractivity contribution is 6.22. The molecule has 3 saturated carbocycles. The summed E-state index contributed by atoms with van der Waals surface area (Å²) in [6.07, 6.45) is 10.00. The van der Waals surface area contributed by atoms with Crippen LogP contribution >= 0.6 is 11.6 Å². The summed E-state index contributed by atoms with van der Waals surface area (Å²) in [5.74, 6) is 1.43. The standard InChI is InChI=1S/C21H31ClN2/c1-5-14(23)10-13-6-7-15-16-11-17(22)20(4,24)19(16,3)8-9-21(15)12(2)18(13)21/h5,10,12,17-18H,6-9,11,23-24H2,1-4H3/b13-10-,14-5+/t12?,17?,18?,19-,20?,21?/m1/s1. The number of halogens is 1. The zero-order valence-corrected chi connectivity index (χ0v) is 16.2. The van der Waals surface area contributed by atoms with E-state index in [-0.39, 0.29) is 16.3 Å². The first-order valence-electron chi connectivity index (χ1n) is 9.48. The fourth-order valence-electron chi connectivity index (χ4n) is 6.45. The Hall–Kier alpha value is -0.730. The van der Waals surface area contributed by atoms with Gasteiger partial charge in [0.05, 0.1) is 5.38 Å². The van der Waals surface area contributed by atoms with E-state index in [9.17, 15) is 0 Å². The topological polar surface area (TPSA) is 52.0 Å². The average molecular weight is 347 g/mol. The number of fused-ring (bicyclic) bond motifs is 1. The third-order valence-electron chi connectivity index (χ3n) is 8.36. The highest BCUT2D eigenvalue weighted by Gasteiger charge is 2.71. The summed E-state index contributed by atoms with van der Waals surface area (Å²) in [4.78, 5) is 0. The molecule has 0 aromatic rings. The summed E-state index contributed by atoms with van der Waals surface area (Å²) in [5.41, 5.74) is 18.8. The van der Waals surface area contributed by atoms with Gasteiger partial charge in [-0.1, -0.05) is 36.6 Å². The lowest BCUT2D eigenvalue weighted by molar-refractivity contribution is 0.182. The maximum absolute atomic E-state index is 6.73. The van der Waals surface area contributed by atoms with Gasteiger partial charge in [0.25, 0.3) is 0 Å². The molecule has 0 aliphatic heterocycles. The monoisotopic (exact) mass is 346 g/mol. The van der Waals surface area contributed by atoms with Crippen LogP contribution < -0.4 is 11.5 Å². The van der Waals surface area contributed by atoms with E-state index < -0.39 is 0 Å². The lowest BCUT2D eigenvalue weighted by Crippen LogP contribution is -2.54. The van der Waals surface area contributed by atoms with E-state index in [4.69, 9.17) is 23.1 Å². The van der Waals surface area contributed by atoms with Crippen molar-refractivity contribution >= 4 is 11.6 Å². The summed E-state index contributed by atoms with van der Waals surface area (Å²) in [6.45, 7) is 9.00. The van der Waals surface area contributed by atoms with Crippen LogP contribution in [0.5, 0.6) is 0 Å². The Kier molecular flexibility index (Phi) is 3.43. The van der Waals surface area contributed by atoms with Crippen molar-refractivity contribution in [1.29, 1.82) is 0 Å². The zero-order chi connectivity index (χ0) is 17.5. The van der Waals surface area contributed by atoms with E-state index in [2.05, 4.69) is 26.8 Å². The van der Waals surface area contributed by atoms with Crippen molar-refractivity contribution in [2.45, 2.75) is 70.7 Å². The molecule has 132 valence electrons. The summed E-state index contributed by atoms with van der Waals surface area (Å²) in [5, 5.41) is 0.0586. The van der Waals surface area contributed by atoms with Crippen LogP contribution in [0.1, 0.15) is 59.8 Å². The molecule has 0 saturated heterocycles. The molecule has 4 rings (SSSR count). The molecule has 0 bridgehead atoms. The Morgan fingerprint density at radius 3 is 2.58 bits per heavy atom. The highest BCUT2D eigenvalue weighted by atomic mass is 35.5. The second kappa shape index (κ2) is 4.92.